The van der Waals surface area contributed by atoms with Gasteiger partial charge in [-0.3, -0.25) is 0 Å². The number of aromatic nitrogens is 3. The number of nitrogens with zero attached hydrogens (tertiary/aromatic N) is 4. The van der Waals surface area contributed by atoms with E-state index in [4.69, 9.17) is 0 Å². The fourth-order valence-corrected chi connectivity index (χ4v) is 0.373. The highest BCUT2D eigenvalue weighted by Gasteiger charge is 2.10. The van der Waals surface area contributed by atoms with Crippen LogP contribution >= 0.6 is 0 Å². The molecule has 0 spiro atoms. The molecule has 1 radical (unpaired) electrons. The zero-order valence-corrected chi connectivity index (χ0v) is 4.61. The SMILES string of the molecule is Cn1[c]nc([N+](=O)[O-])n1. The lowest BCUT2D eigenvalue weighted by Crippen LogP contribution is -1.92. The fourth-order valence-electron chi connectivity index (χ4n) is 0.373. The molecule has 0 amide bonds. The smallest absolute Gasteiger partial charge is 0.390 e. The average Bonchev–Trinajstić information content (AvgIpc) is 2.14. The molecule has 0 bridgehead atoms. The minimum absolute atomic E-state index is 0.419. The molecular formula is C3H3N4O2. The molecule has 0 aliphatic carbocycles. The molecular weight excluding hydrogens is 124 g/mol. The molecule has 0 saturated carbocycles. The Morgan fingerprint density at radius 1 is 1.89 bits per heavy atom. The average molecular weight is 127 g/mol. The van der Waals surface area contributed by atoms with Crippen molar-refractivity contribution in [3.8, 4) is 0 Å². The minimum Gasteiger partial charge on any atom is -0.390 e. The van der Waals surface area contributed by atoms with Gasteiger partial charge in [-0.1, -0.05) is 0 Å². The van der Waals surface area contributed by atoms with Crippen LogP contribution in [0.4, 0.5) is 5.95 Å². The van der Waals surface area contributed by atoms with Gasteiger partial charge in [-0.25, -0.2) is 0 Å². The van der Waals surface area contributed by atoms with E-state index < -0.39 is 10.9 Å². The van der Waals surface area contributed by atoms with E-state index in [0.29, 0.717) is 0 Å². The van der Waals surface area contributed by atoms with Gasteiger partial charge in [0.1, 0.15) is 0 Å². The van der Waals surface area contributed by atoms with Gasteiger partial charge >= 0.3 is 12.3 Å². The quantitative estimate of drug-likeness (QED) is 0.377. The number of rotatable bonds is 1. The maximum atomic E-state index is 9.86. The van der Waals surface area contributed by atoms with Crippen molar-refractivity contribution in [3.05, 3.63) is 16.4 Å². The summed E-state index contributed by atoms with van der Waals surface area (Å²) in [5, 5.41) is 13.2. The van der Waals surface area contributed by atoms with Crippen LogP contribution in [0.15, 0.2) is 0 Å². The monoisotopic (exact) mass is 127 g/mol. The van der Waals surface area contributed by atoms with Crippen molar-refractivity contribution in [1.29, 1.82) is 0 Å². The second-order valence-corrected chi connectivity index (χ2v) is 1.39. The summed E-state index contributed by atoms with van der Waals surface area (Å²) < 4.78 is 1.15. The first-order chi connectivity index (χ1) is 4.20. The summed E-state index contributed by atoms with van der Waals surface area (Å²) in [6.07, 6.45) is 2.26. The molecule has 9 heavy (non-hydrogen) atoms. The third kappa shape index (κ3) is 1.01. The van der Waals surface area contributed by atoms with Crippen molar-refractivity contribution in [3.63, 3.8) is 0 Å². The van der Waals surface area contributed by atoms with Gasteiger partial charge in [-0.05, 0) is 9.91 Å². The van der Waals surface area contributed by atoms with E-state index in [0.717, 1.165) is 4.68 Å². The predicted octanol–water partition coefficient (Wildman–Crippen LogP) is -0.477. The number of hydrogen-bond donors (Lipinski definition) is 0. The topological polar surface area (TPSA) is 73.8 Å². The lowest BCUT2D eigenvalue weighted by atomic mass is 11.1. The molecule has 0 aromatic carbocycles. The standard InChI is InChI=1S/C3H3N4O2/c1-6-2-4-3(5-6)7(8)9/h1H3. The summed E-state index contributed by atoms with van der Waals surface area (Å²) in [6.45, 7) is 0. The Kier molecular flexibility index (Phi) is 1.14. The van der Waals surface area contributed by atoms with E-state index in [2.05, 4.69) is 16.4 Å². The molecule has 0 aliphatic heterocycles. The predicted molar refractivity (Wildman–Crippen MR) is 26.5 cm³/mol. The van der Waals surface area contributed by atoms with Crippen LogP contribution in [0.2, 0.25) is 0 Å². The van der Waals surface area contributed by atoms with Crippen molar-refractivity contribution >= 4 is 5.95 Å². The molecule has 0 atom stereocenters. The van der Waals surface area contributed by atoms with Crippen LogP contribution in [0.5, 0.6) is 0 Å². The number of nitro groups is 1. The van der Waals surface area contributed by atoms with E-state index >= 15 is 0 Å². The largest absolute Gasteiger partial charge is 0.491 e. The van der Waals surface area contributed by atoms with Crippen LogP contribution in [-0.2, 0) is 7.05 Å². The Morgan fingerprint density at radius 2 is 2.56 bits per heavy atom. The van der Waals surface area contributed by atoms with Gasteiger partial charge in [-0.15, -0.1) is 0 Å². The number of aryl methyl sites for hydroxylation is 1. The maximum Gasteiger partial charge on any atom is 0.491 e. The van der Waals surface area contributed by atoms with Gasteiger partial charge in [0.25, 0.3) is 0 Å². The Morgan fingerprint density at radius 3 is 2.78 bits per heavy atom. The Bertz CT molecular complexity index is 229. The first-order valence-electron chi connectivity index (χ1n) is 2.13. The molecule has 1 aromatic rings. The molecule has 0 N–H and O–H groups in total. The van der Waals surface area contributed by atoms with E-state index in [-0.39, 0.29) is 0 Å². The van der Waals surface area contributed by atoms with Gasteiger partial charge in [-0.2, -0.15) is 4.68 Å². The lowest BCUT2D eigenvalue weighted by molar-refractivity contribution is -0.394. The first kappa shape index (κ1) is 5.67. The van der Waals surface area contributed by atoms with Gasteiger partial charge in [0.2, 0.25) is 0 Å². The third-order valence-corrected chi connectivity index (χ3v) is 0.697. The van der Waals surface area contributed by atoms with Crippen LogP contribution in [0, 0.1) is 16.4 Å². The summed E-state index contributed by atoms with van der Waals surface area (Å²) in [6, 6.07) is 0. The van der Waals surface area contributed by atoms with Crippen molar-refractivity contribution in [2.45, 2.75) is 0 Å². The zero-order chi connectivity index (χ0) is 6.85. The molecule has 0 fully saturated rings. The van der Waals surface area contributed by atoms with Crippen molar-refractivity contribution in [2.24, 2.45) is 7.05 Å². The second-order valence-electron chi connectivity index (χ2n) is 1.39. The first-order valence-corrected chi connectivity index (χ1v) is 2.13. The Labute approximate surface area is 50.3 Å². The van der Waals surface area contributed by atoms with Gasteiger partial charge in [0.05, 0.1) is 0 Å². The maximum absolute atomic E-state index is 9.86. The summed E-state index contributed by atoms with van der Waals surface area (Å²) in [7, 11) is 1.51. The molecule has 6 heteroatoms. The normalized spacial score (nSPS) is 9.44. The summed E-state index contributed by atoms with van der Waals surface area (Å²) >= 11 is 0. The highest BCUT2D eigenvalue weighted by Crippen LogP contribution is 1.95. The molecule has 1 heterocycles. The summed E-state index contributed by atoms with van der Waals surface area (Å²) in [5.41, 5.74) is 0. The van der Waals surface area contributed by atoms with E-state index in [1.54, 1.807) is 0 Å². The molecule has 1 aromatic heterocycles. The third-order valence-electron chi connectivity index (χ3n) is 0.697. The second kappa shape index (κ2) is 1.81. The molecule has 1 rings (SSSR count). The van der Waals surface area contributed by atoms with E-state index in [9.17, 15) is 10.1 Å². The van der Waals surface area contributed by atoms with Crippen LogP contribution in [-0.4, -0.2) is 19.7 Å². The van der Waals surface area contributed by atoms with Crippen molar-refractivity contribution in [1.82, 2.24) is 14.8 Å². The number of hydrogen-bond acceptors (Lipinski definition) is 4. The Balaban J connectivity index is 2.98. The van der Waals surface area contributed by atoms with Crippen LogP contribution in [0.1, 0.15) is 0 Å². The molecule has 6 nitrogen and oxygen atoms in total. The summed E-state index contributed by atoms with van der Waals surface area (Å²) in [5.74, 6) is -0.419. The molecule has 0 aliphatic rings. The highest BCUT2D eigenvalue weighted by atomic mass is 16.6. The van der Waals surface area contributed by atoms with Gasteiger partial charge in [0, 0.05) is 12.1 Å². The van der Waals surface area contributed by atoms with Crippen LogP contribution in [0.3, 0.4) is 0 Å². The summed E-state index contributed by atoms with van der Waals surface area (Å²) in [4.78, 5) is 12.4. The lowest BCUT2D eigenvalue weighted by Gasteiger charge is -1.81. The van der Waals surface area contributed by atoms with Crippen molar-refractivity contribution < 1.29 is 4.92 Å². The van der Waals surface area contributed by atoms with Crippen LogP contribution in [0.25, 0.3) is 0 Å². The molecule has 0 unspecified atom stereocenters. The van der Waals surface area contributed by atoms with Crippen LogP contribution < -0.4 is 0 Å². The van der Waals surface area contributed by atoms with Gasteiger partial charge in [0.15, 0.2) is 0 Å². The van der Waals surface area contributed by atoms with E-state index in [1.165, 1.54) is 7.05 Å². The minimum atomic E-state index is -0.670. The fraction of sp³-hybridized carbons (Fsp3) is 0.333. The zero-order valence-electron chi connectivity index (χ0n) is 4.61. The van der Waals surface area contributed by atoms with E-state index in [1.807, 2.05) is 0 Å². The van der Waals surface area contributed by atoms with Crippen molar-refractivity contribution in [2.75, 3.05) is 0 Å². The van der Waals surface area contributed by atoms with Gasteiger partial charge < -0.3 is 10.1 Å². The Hall–Kier alpha value is -1.46. The molecule has 0 saturated heterocycles. The highest BCUT2D eigenvalue weighted by molar-refractivity contribution is 4.95. The molecule has 47 valence electrons.